The highest BCUT2D eigenvalue weighted by Crippen LogP contribution is 2.05. The Morgan fingerprint density at radius 2 is 1.88 bits per heavy atom. The maximum Gasteiger partial charge on any atom is 0.236 e. The molecule has 1 aliphatic heterocycles. The maximum absolute atomic E-state index is 11.7. The fourth-order valence-corrected chi connectivity index (χ4v) is 2.00. The number of hydrogen-bond acceptors (Lipinski definition) is 3. The number of carbonyl (C=O) groups is 1. The molecule has 4 nitrogen and oxygen atoms in total. The van der Waals surface area contributed by atoms with Crippen LogP contribution in [0.4, 0.5) is 0 Å². The number of rotatable bonds is 7. The van der Waals surface area contributed by atoms with Crippen LogP contribution in [0, 0.1) is 5.92 Å². The molecule has 0 aromatic heterocycles. The van der Waals surface area contributed by atoms with Crippen molar-refractivity contribution in [2.24, 2.45) is 5.92 Å². The van der Waals surface area contributed by atoms with Crippen LogP contribution in [0.15, 0.2) is 0 Å². The molecule has 0 radical (unpaired) electrons. The van der Waals surface area contributed by atoms with E-state index in [4.69, 9.17) is 0 Å². The smallest absolute Gasteiger partial charge is 0.236 e. The van der Waals surface area contributed by atoms with Gasteiger partial charge in [-0.2, -0.15) is 0 Å². The highest BCUT2D eigenvalue weighted by atomic mass is 16.2. The molecule has 0 aromatic rings. The van der Waals surface area contributed by atoms with E-state index in [9.17, 15) is 4.79 Å². The maximum atomic E-state index is 11.7. The van der Waals surface area contributed by atoms with Crippen molar-refractivity contribution in [3.63, 3.8) is 0 Å². The molecular formula is C13H27N3O. The number of amides is 1. The van der Waals surface area contributed by atoms with Gasteiger partial charge in [-0.25, -0.2) is 0 Å². The lowest BCUT2D eigenvalue weighted by atomic mass is 10.2. The normalized spacial score (nSPS) is 18.6. The van der Waals surface area contributed by atoms with Crippen molar-refractivity contribution in [1.82, 2.24) is 15.5 Å². The largest absolute Gasteiger partial charge is 0.354 e. The molecule has 0 bridgehead atoms. The third-order valence-electron chi connectivity index (χ3n) is 3.16. The second-order valence-electron chi connectivity index (χ2n) is 5.36. The molecule has 17 heavy (non-hydrogen) atoms. The molecule has 0 aromatic carbocycles. The summed E-state index contributed by atoms with van der Waals surface area (Å²) in [4.78, 5) is 14.1. The van der Waals surface area contributed by atoms with E-state index < -0.39 is 0 Å². The minimum absolute atomic E-state index is 0.0867. The second kappa shape index (κ2) is 7.67. The average molecular weight is 241 g/mol. The Morgan fingerprint density at radius 3 is 2.47 bits per heavy atom. The third-order valence-corrected chi connectivity index (χ3v) is 3.16. The van der Waals surface area contributed by atoms with E-state index in [0.29, 0.717) is 5.92 Å². The van der Waals surface area contributed by atoms with E-state index in [2.05, 4.69) is 29.4 Å². The summed E-state index contributed by atoms with van der Waals surface area (Å²) in [7, 11) is 0. The SMILES string of the molecule is CC(C)CNC(=O)C(C)NCCN1CCCC1. The highest BCUT2D eigenvalue weighted by Gasteiger charge is 2.14. The van der Waals surface area contributed by atoms with Gasteiger partial charge in [0.1, 0.15) is 0 Å². The van der Waals surface area contributed by atoms with Gasteiger partial charge in [-0.3, -0.25) is 4.79 Å². The summed E-state index contributed by atoms with van der Waals surface area (Å²) < 4.78 is 0. The molecule has 2 N–H and O–H groups in total. The van der Waals surface area contributed by atoms with Gasteiger partial charge in [-0.15, -0.1) is 0 Å². The van der Waals surface area contributed by atoms with Crippen molar-refractivity contribution in [2.45, 2.75) is 39.7 Å². The van der Waals surface area contributed by atoms with Crippen LogP contribution in [-0.4, -0.2) is 49.6 Å². The van der Waals surface area contributed by atoms with Crippen LogP contribution in [0.5, 0.6) is 0 Å². The summed E-state index contributed by atoms with van der Waals surface area (Å²) in [6.45, 7) is 11.3. The Morgan fingerprint density at radius 1 is 1.24 bits per heavy atom. The van der Waals surface area contributed by atoms with Crippen molar-refractivity contribution < 1.29 is 4.79 Å². The topological polar surface area (TPSA) is 44.4 Å². The first-order valence-corrected chi connectivity index (χ1v) is 6.83. The van der Waals surface area contributed by atoms with Gasteiger partial charge in [-0.05, 0) is 38.8 Å². The van der Waals surface area contributed by atoms with Gasteiger partial charge in [0.15, 0.2) is 0 Å². The molecule has 1 rings (SSSR count). The van der Waals surface area contributed by atoms with Crippen molar-refractivity contribution >= 4 is 5.91 Å². The molecule has 1 heterocycles. The molecule has 0 saturated carbocycles. The molecule has 0 spiro atoms. The summed E-state index contributed by atoms with van der Waals surface area (Å²) in [6.07, 6.45) is 2.65. The summed E-state index contributed by atoms with van der Waals surface area (Å²) in [5, 5.41) is 6.22. The quantitative estimate of drug-likeness (QED) is 0.694. The molecule has 1 atom stereocenters. The van der Waals surface area contributed by atoms with E-state index in [0.717, 1.165) is 19.6 Å². The molecule has 1 saturated heterocycles. The molecule has 1 aliphatic rings. The first-order chi connectivity index (χ1) is 8.09. The standard InChI is InChI=1S/C13H27N3O/c1-11(2)10-15-13(17)12(3)14-6-9-16-7-4-5-8-16/h11-12,14H,4-10H2,1-3H3,(H,15,17). The molecule has 1 amide bonds. The lowest BCUT2D eigenvalue weighted by Gasteiger charge is -2.18. The van der Waals surface area contributed by atoms with Crippen LogP contribution in [0.2, 0.25) is 0 Å². The van der Waals surface area contributed by atoms with Crippen LogP contribution in [0.3, 0.4) is 0 Å². The van der Waals surface area contributed by atoms with Gasteiger partial charge in [0, 0.05) is 19.6 Å². The summed E-state index contributed by atoms with van der Waals surface area (Å²) in [6, 6.07) is -0.0867. The fraction of sp³-hybridized carbons (Fsp3) is 0.923. The van der Waals surface area contributed by atoms with Crippen molar-refractivity contribution in [3.05, 3.63) is 0 Å². The van der Waals surface area contributed by atoms with Gasteiger partial charge >= 0.3 is 0 Å². The van der Waals surface area contributed by atoms with E-state index in [-0.39, 0.29) is 11.9 Å². The Hall–Kier alpha value is -0.610. The zero-order chi connectivity index (χ0) is 12.7. The average Bonchev–Trinajstić information content (AvgIpc) is 2.78. The Labute approximate surface area is 105 Å². The van der Waals surface area contributed by atoms with Gasteiger partial charge in [0.05, 0.1) is 6.04 Å². The predicted molar refractivity (Wildman–Crippen MR) is 71.0 cm³/mol. The Kier molecular flexibility index (Phi) is 6.52. The first kappa shape index (κ1) is 14.5. The Balaban J connectivity index is 2.06. The van der Waals surface area contributed by atoms with Crippen LogP contribution in [0.1, 0.15) is 33.6 Å². The monoisotopic (exact) mass is 241 g/mol. The number of nitrogens with one attached hydrogen (secondary N) is 2. The molecule has 1 fully saturated rings. The number of likely N-dealkylation sites (tertiary alicyclic amines) is 1. The Bertz CT molecular complexity index is 225. The third kappa shape index (κ3) is 6.03. The predicted octanol–water partition coefficient (Wildman–Crippen LogP) is 0.833. The number of hydrogen-bond donors (Lipinski definition) is 2. The van der Waals surface area contributed by atoms with Crippen molar-refractivity contribution in [3.8, 4) is 0 Å². The molecule has 100 valence electrons. The van der Waals surface area contributed by atoms with Crippen LogP contribution in [0.25, 0.3) is 0 Å². The van der Waals surface area contributed by atoms with Crippen molar-refractivity contribution in [1.29, 1.82) is 0 Å². The van der Waals surface area contributed by atoms with Gasteiger partial charge in [0.2, 0.25) is 5.91 Å². The number of nitrogens with zero attached hydrogens (tertiary/aromatic N) is 1. The molecule has 4 heteroatoms. The molecular weight excluding hydrogens is 214 g/mol. The highest BCUT2D eigenvalue weighted by molar-refractivity contribution is 5.81. The fourth-order valence-electron chi connectivity index (χ4n) is 2.00. The molecule has 0 aliphatic carbocycles. The van der Waals surface area contributed by atoms with Gasteiger partial charge < -0.3 is 15.5 Å². The second-order valence-corrected chi connectivity index (χ2v) is 5.36. The minimum atomic E-state index is -0.0867. The molecule has 1 unspecified atom stereocenters. The summed E-state index contributed by atoms with van der Waals surface area (Å²) in [5.74, 6) is 0.621. The zero-order valence-corrected chi connectivity index (χ0v) is 11.5. The lowest BCUT2D eigenvalue weighted by Crippen LogP contribution is -2.45. The van der Waals surface area contributed by atoms with Crippen LogP contribution < -0.4 is 10.6 Å². The van der Waals surface area contributed by atoms with Gasteiger partial charge in [-0.1, -0.05) is 13.8 Å². The van der Waals surface area contributed by atoms with E-state index in [1.807, 2.05) is 6.92 Å². The van der Waals surface area contributed by atoms with Gasteiger partial charge in [0.25, 0.3) is 0 Å². The van der Waals surface area contributed by atoms with Crippen molar-refractivity contribution in [2.75, 3.05) is 32.7 Å². The summed E-state index contributed by atoms with van der Waals surface area (Å²) >= 11 is 0. The van der Waals surface area contributed by atoms with E-state index in [1.54, 1.807) is 0 Å². The van der Waals surface area contributed by atoms with E-state index >= 15 is 0 Å². The summed E-state index contributed by atoms with van der Waals surface area (Å²) in [5.41, 5.74) is 0. The zero-order valence-electron chi connectivity index (χ0n) is 11.5. The van der Waals surface area contributed by atoms with Crippen LogP contribution >= 0.6 is 0 Å². The number of carbonyl (C=O) groups excluding carboxylic acids is 1. The minimum Gasteiger partial charge on any atom is -0.354 e. The van der Waals surface area contributed by atoms with E-state index in [1.165, 1.54) is 25.9 Å². The first-order valence-electron chi connectivity index (χ1n) is 6.83. The van der Waals surface area contributed by atoms with Crippen LogP contribution in [-0.2, 0) is 4.79 Å². The lowest BCUT2D eigenvalue weighted by molar-refractivity contribution is -0.122.